The van der Waals surface area contributed by atoms with Crippen LogP contribution >= 0.6 is 23.2 Å². The van der Waals surface area contributed by atoms with Crippen molar-refractivity contribution in [2.45, 2.75) is 55.9 Å². The van der Waals surface area contributed by atoms with Gasteiger partial charge in [0.2, 0.25) is 10.0 Å². The lowest BCUT2D eigenvalue weighted by Gasteiger charge is -2.30. The molecule has 1 aromatic rings. The van der Waals surface area contributed by atoms with Crippen LogP contribution in [0.25, 0.3) is 0 Å². The number of carbonyl (C=O) groups excluding carboxylic acids is 2. The topological polar surface area (TPSA) is 92.8 Å². The molecule has 166 valence electrons. The molecule has 1 amide bonds. The first-order chi connectivity index (χ1) is 14.3. The van der Waals surface area contributed by atoms with Crippen LogP contribution in [0.2, 0.25) is 10.0 Å². The second-order valence-electron chi connectivity index (χ2n) is 7.74. The van der Waals surface area contributed by atoms with E-state index in [1.807, 2.05) is 0 Å². The van der Waals surface area contributed by atoms with Gasteiger partial charge in [-0.2, -0.15) is 4.31 Å². The minimum absolute atomic E-state index is 0.00956. The lowest BCUT2D eigenvalue weighted by atomic mass is 9.95. The molecule has 1 saturated heterocycles. The lowest BCUT2D eigenvalue weighted by molar-refractivity contribution is -0.153. The molecule has 1 N–H and O–H groups in total. The molecule has 2 aliphatic rings. The molecule has 30 heavy (non-hydrogen) atoms. The maximum absolute atomic E-state index is 12.9. The number of esters is 1. The van der Waals surface area contributed by atoms with Gasteiger partial charge >= 0.3 is 5.97 Å². The number of amides is 1. The van der Waals surface area contributed by atoms with Crippen LogP contribution < -0.4 is 5.32 Å². The van der Waals surface area contributed by atoms with Crippen molar-refractivity contribution in [1.82, 2.24) is 9.62 Å². The number of piperidine rings is 1. The average Bonchev–Trinajstić information content (AvgIpc) is 2.74. The Labute approximate surface area is 187 Å². The van der Waals surface area contributed by atoms with Crippen molar-refractivity contribution in [2.75, 3.05) is 19.7 Å². The van der Waals surface area contributed by atoms with E-state index in [-0.39, 0.29) is 46.6 Å². The van der Waals surface area contributed by atoms with Gasteiger partial charge in [-0.15, -0.1) is 0 Å². The van der Waals surface area contributed by atoms with Gasteiger partial charge in [0.25, 0.3) is 5.91 Å². The van der Waals surface area contributed by atoms with Gasteiger partial charge < -0.3 is 10.1 Å². The summed E-state index contributed by atoms with van der Waals surface area (Å²) in [5, 5.41) is 3.06. The highest BCUT2D eigenvalue weighted by molar-refractivity contribution is 7.89. The molecule has 1 aliphatic carbocycles. The van der Waals surface area contributed by atoms with E-state index < -0.39 is 21.9 Å². The van der Waals surface area contributed by atoms with E-state index in [4.69, 9.17) is 27.9 Å². The number of rotatable bonds is 6. The van der Waals surface area contributed by atoms with E-state index in [9.17, 15) is 18.0 Å². The van der Waals surface area contributed by atoms with E-state index in [1.54, 1.807) is 0 Å². The Bertz CT molecular complexity index is 879. The van der Waals surface area contributed by atoms with Crippen LogP contribution in [-0.4, -0.2) is 50.3 Å². The predicted molar refractivity (Wildman–Crippen MR) is 114 cm³/mol. The first-order valence-electron chi connectivity index (χ1n) is 10.2. The summed E-state index contributed by atoms with van der Waals surface area (Å²) in [4.78, 5) is 24.3. The molecule has 1 heterocycles. The van der Waals surface area contributed by atoms with Crippen LogP contribution in [0.1, 0.15) is 44.9 Å². The van der Waals surface area contributed by atoms with Crippen molar-refractivity contribution in [3.05, 3.63) is 28.2 Å². The molecule has 2 fully saturated rings. The zero-order valence-corrected chi connectivity index (χ0v) is 18.9. The summed E-state index contributed by atoms with van der Waals surface area (Å²) in [6.07, 6.45) is 5.96. The summed E-state index contributed by atoms with van der Waals surface area (Å²) in [5.41, 5.74) is 0. The maximum atomic E-state index is 12.9. The third kappa shape index (κ3) is 5.66. The first-order valence-corrected chi connectivity index (χ1v) is 12.4. The molecule has 1 aromatic carbocycles. The summed E-state index contributed by atoms with van der Waals surface area (Å²) in [6, 6.07) is 4.63. The molecule has 0 spiro atoms. The Balaban J connectivity index is 1.48. The predicted octanol–water partition coefficient (Wildman–Crippen LogP) is 3.39. The molecular formula is C20H26Cl2N2O5S. The standard InChI is InChI=1S/C20H26Cl2N2O5S/c21-16-7-4-8-17(19(16)22)30(27,28)24-11-9-14(10-12-24)20(26)29-13-18(25)23-15-5-2-1-3-6-15/h4,7-8,14-15H,1-3,5-6,9-13H2,(H,23,25). The molecule has 0 radical (unpaired) electrons. The molecule has 3 rings (SSSR count). The van der Waals surface area contributed by atoms with Gasteiger partial charge in [0, 0.05) is 19.1 Å². The number of ether oxygens (including phenoxy) is 1. The van der Waals surface area contributed by atoms with Crippen molar-refractivity contribution in [3.63, 3.8) is 0 Å². The molecule has 0 atom stereocenters. The molecule has 0 unspecified atom stereocenters. The maximum Gasteiger partial charge on any atom is 0.309 e. The van der Waals surface area contributed by atoms with Gasteiger partial charge in [-0.05, 0) is 37.8 Å². The highest BCUT2D eigenvalue weighted by Gasteiger charge is 2.34. The van der Waals surface area contributed by atoms with E-state index in [0.29, 0.717) is 12.8 Å². The van der Waals surface area contributed by atoms with Crippen LogP contribution in [0.5, 0.6) is 0 Å². The van der Waals surface area contributed by atoms with Crippen LogP contribution in [0, 0.1) is 5.92 Å². The Hall–Kier alpha value is -1.35. The van der Waals surface area contributed by atoms with Gasteiger partial charge in [-0.25, -0.2) is 8.42 Å². The third-order valence-corrected chi connectivity index (χ3v) is 8.51. The van der Waals surface area contributed by atoms with Gasteiger partial charge in [-0.3, -0.25) is 9.59 Å². The molecule has 1 saturated carbocycles. The highest BCUT2D eigenvalue weighted by Crippen LogP contribution is 2.32. The van der Waals surface area contributed by atoms with Crippen LogP contribution in [-0.2, 0) is 24.3 Å². The number of hydrogen-bond acceptors (Lipinski definition) is 5. The fourth-order valence-corrected chi connectivity index (χ4v) is 6.13. The minimum atomic E-state index is -3.81. The number of nitrogens with one attached hydrogen (secondary N) is 1. The molecule has 0 bridgehead atoms. The largest absolute Gasteiger partial charge is 0.455 e. The molecule has 0 aromatic heterocycles. The fraction of sp³-hybridized carbons (Fsp3) is 0.600. The van der Waals surface area contributed by atoms with Crippen molar-refractivity contribution in [2.24, 2.45) is 5.92 Å². The van der Waals surface area contributed by atoms with Crippen LogP contribution in [0.15, 0.2) is 23.1 Å². The lowest BCUT2D eigenvalue weighted by Crippen LogP contribution is -2.42. The number of nitrogens with zero attached hydrogens (tertiary/aromatic N) is 1. The summed E-state index contributed by atoms with van der Waals surface area (Å²) in [6.45, 7) is 0.0321. The number of carbonyl (C=O) groups is 2. The number of sulfonamides is 1. The smallest absolute Gasteiger partial charge is 0.309 e. The summed E-state index contributed by atoms with van der Waals surface area (Å²) < 4.78 is 32.2. The zero-order valence-electron chi connectivity index (χ0n) is 16.6. The van der Waals surface area contributed by atoms with E-state index in [0.717, 1.165) is 25.7 Å². The first kappa shape index (κ1) is 23.3. The Morgan fingerprint density at radius 1 is 1.07 bits per heavy atom. The highest BCUT2D eigenvalue weighted by atomic mass is 35.5. The summed E-state index contributed by atoms with van der Waals surface area (Å²) >= 11 is 12.0. The van der Waals surface area contributed by atoms with E-state index in [1.165, 1.54) is 28.9 Å². The Kier molecular flexibility index (Phi) is 8.01. The number of halogens is 2. The molecular weight excluding hydrogens is 451 g/mol. The zero-order chi connectivity index (χ0) is 21.7. The van der Waals surface area contributed by atoms with Crippen LogP contribution in [0.4, 0.5) is 0 Å². The van der Waals surface area contributed by atoms with Gasteiger partial charge in [0.05, 0.1) is 16.0 Å². The second-order valence-corrected chi connectivity index (χ2v) is 10.4. The average molecular weight is 477 g/mol. The van der Waals surface area contributed by atoms with Crippen molar-refractivity contribution in [1.29, 1.82) is 0 Å². The Morgan fingerprint density at radius 2 is 1.73 bits per heavy atom. The van der Waals surface area contributed by atoms with E-state index in [2.05, 4.69) is 5.32 Å². The monoisotopic (exact) mass is 476 g/mol. The molecule has 10 heteroatoms. The SMILES string of the molecule is O=C(COC(=O)C1CCN(S(=O)(=O)c2cccc(Cl)c2Cl)CC1)NC1CCCCC1. The molecule has 1 aliphatic heterocycles. The minimum Gasteiger partial charge on any atom is -0.455 e. The van der Waals surface area contributed by atoms with Crippen molar-refractivity contribution < 1.29 is 22.7 Å². The van der Waals surface area contributed by atoms with Gasteiger partial charge in [-0.1, -0.05) is 48.5 Å². The van der Waals surface area contributed by atoms with E-state index >= 15 is 0 Å². The summed E-state index contributed by atoms with van der Waals surface area (Å²) in [5.74, 6) is -1.19. The van der Waals surface area contributed by atoms with Crippen LogP contribution in [0.3, 0.4) is 0 Å². The normalized spacial score (nSPS) is 19.4. The van der Waals surface area contributed by atoms with Gasteiger partial charge in [0.1, 0.15) is 4.90 Å². The third-order valence-electron chi connectivity index (χ3n) is 5.64. The fourth-order valence-electron chi connectivity index (χ4n) is 3.92. The second kappa shape index (κ2) is 10.3. The van der Waals surface area contributed by atoms with Crippen molar-refractivity contribution >= 4 is 45.1 Å². The van der Waals surface area contributed by atoms with Crippen molar-refractivity contribution in [3.8, 4) is 0 Å². The quantitative estimate of drug-likeness (QED) is 0.635. The van der Waals surface area contributed by atoms with Gasteiger partial charge in [0.15, 0.2) is 6.61 Å². The number of hydrogen-bond donors (Lipinski definition) is 1. The summed E-state index contributed by atoms with van der Waals surface area (Å²) in [7, 11) is -3.81. The molecule has 7 nitrogen and oxygen atoms in total. The number of benzene rings is 1. The Morgan fingerprint density at radius 3 is 2.40 bits per heavy atom.